The quantitative estimate of drug-likeness (QED) is 0.598. The van der Waals surface area contributed by atoms with E-state index >= 15 is 0 Å². The van der Waals surface area contributed by atoms with Crippen molar-refractivity contribution in [1.29, 1.82) is 0 Å². The molecule has 3 aromatic rings. The van der Waals surface area contributed by atoms with Gasteiger partial charge in [-0.25, -0.2) is 21.6 Å². The Labute approximate surface area is 158 Å². The number of aliphatic carboxylic acids is 1. The Morgan fingerprint density at radius 1 is 1.14 bits per heavy atom. The molecule has 10 heteroatoms. The number of carboxylic acids is 1. The van der Waals surface area contributed by atoms with Gasteiger partial charge in [0, 0.05) is 16.8 Å². The number of anilines is 1. The molecule has 3 rings (SSSR count). The number of benzene rings is 2. The molecule has 0 aliphatic rings. The number of carbonyl (C=O) groups is 2. The zero-order valence-electron chi connectivity index (χ0n) is 14.5. The molecule has 1 heterocycles. The van der Waals surface area contributed by atoms with Gasteiger partial charge in [-0.1, -0.05) is 6.07 Å². The van der Waals surface area contributed by atoms with Crippen LogP contribution in [0.25, 0.3) is 10.9 Å². The van der Waals surface area contributed by atoms with Crippen molar-refractivity contribution in [2.24, 2.45) is 0 Å². The van der Waals surface area contributed by atoms with Crippen molar-refractivity contribution >= 4 is 38.7 Å². The maximum atomic E-state index is 13.7. The third-order valence-electron chi connectivity index (χ3n) is 4.20. The lowest BCUT2D eigenvalue weighted by Gasteiger charge is -2.11. The number of nitrogens with one attached hydrogen (secondary N) is 1. The summed E-state index contributed by atoms with van der Waals surface area (Å²) in [6, 6.07) is 8.63. The maximum Gasteiger partial charge on any atom is 0.409 e. The first-order valence-corrected chi connectivity index (χ1v) is 9.42. The standard InChI is InChI=1S/C18H15FN2O6S/c1-10-14(9-17(22)23)15-7-11(19)5-6-16(15)21(10)28(26,27)13-4-2-3-12(8-13)20-18(24)25/h2-8,20H,9H2,1H3,(H,22,23)(H,24,25). The lowest BCUT2D eigenvalue weighted by molar-refractivity contribution is -0.136. The molecule has 8 nitrogen and oxygen atoms in total. The summed E-state index contributed by atoms with van der Waals surface area (Å²) in [5.41, 5.74) is 0.510. The molecule has 0 aliphatic carbocycles. The second-order valence-electron chi connectivity index (χ2n) is 6.02. The van der Waals surface area contributed by atoms with E-state index in [1.54, 1.807) is 0 Å². The van der Waals surface area contributed by atoms with Crippen molar-refractivity contribution in [3.63, 3.8) is 0 Å². The molecule has 3 N–H and O–H groups in total. The van der Waals surface area contributed by atoms with Crippen molar-refractivity contribution in [3.8, 4) is 0 Å². The monoisotopic (exact) mass is 406 g/mol. The normalized spacial score (nSPS) is 11.5. The highest BCUT2D eigenvalue weighted by molar-refractivity contribution is 7.90. The zero-order valence-corrected chi connectivity index (χ0v) is 15.3. The van der Waals surface area contributed by atoms with Crippen LogP contribution >= 0.6 is 0 Å². The molecule has 0 radical (unpaired) electrons. The largest absolute Gasteiger partial charge is 0.481 e. The van der Waals surface area contributed by atoms with Crippen LogP contribution in [-0.4, -0.2) is 34.7 Å². The molecule has 0 spiro atoms. The molecule has 28 heavy (non-hydrogen) atoms. The Bertz CT molecular complexity index is 1220. The predicted molar refractivity (Wildman–Crippen MR) is 98.6 cm³/mol. The average Bonchev–Trinajstić information content (AvgIpc) is 2.86. The molecular weight excluding hydrogens is 391 g/mol. The van der Waals surface area contributed by atoms with Crippen molar-refractivity contribution in [3.05, 3.63) is 59.5 Å². The Balaban J connectivity index is 2.27. The van der Waals surface area contributed by atoms with Crippen molar-refractivity contribution in [2.75, 3.05) is 5.32 Å². The SMILES string of the molecule is Cc1c(CC(=O)O)c2cc(F)ccc2n1S(=O)(=O)c1cccc(NC(=O)O)c1. The van der Waals surface area contributed by atoms with E-state index in [-0.39, 0.29) is 32.7 Å². The molecule has 0 saturated carbocycles. The van der Waals surface area contributed by atoms with E-state index in [0.717, 1.165) is 22.2 Å². The molecular formula is C18H15FN2O6S. The molecule has 0 aliphatic heterocycles. The fourth-order valence-corrected chi connectivity index (χ4v) is 4.70. The van der Waals surface area contributed by atoms with Crippen LogP contribution in [0.3, 0.4) is 0 Å². The molecule has 0 fully saturated rings. The van der Waals surface area contributed by atoms with E-state index < -0.39 is 34.3 Å². The van der Waals surface area contributed by atoms with Gasteiger partial charge in [0.1, 0.15) is 5.82 Å². The van der Waals surface area contributed by atoms with E-state index in [1.165, 1.54) is 31.2 Å². The summed E-state index contributed by atoms with van der Waals surface area (Å²) < 4.78 is 41.1. The summed E-state index contributed by atoms with van der Waals surface area (Å²) in [6.45, 7) is 1.44. The minimum Gasteiger partial charge on any atom is -0.481 e. The second-order valence-corrected chi connectivity index (χ2v) is 7.81. The summed E-state index contributed by atoms with van der Waals surface area (Å²) in [7, 11) is -4.21. The number of rotatable bonds is 5. The molecule has 0 atom stereocenters. The van der Waals surface area contributed by atoms with Gasteiger partial charge in [-0.2, -0.15) is 0 Å². The highest BCUT2D eigenvalue weighted by atomic mass is 32.2. The molecule has 0 unspecified atom stereocenters. The first kappa shape index (κ1) is 19.4. The Kier molecular flexibility index (Phi) is 4.82. The Morgan fingerprint density at radius 3 is 2.50 bits per heavy atom. The highest BCUT2D eigenvalue weighted by Gasteiger charge is 2.26. The first-order chi connectivity index (χ1) is 13.1. The second kappa shape index (κ2) is 6.97. The fraction of sp³-hybridized carbons (Fsp3) is 0.111. The van der Waals surface area contributed by atoms with Gasteiger partial charge in [0.2, 0.25) is 0 Å². The van der Waals surface area contributed by atoms with Crippen molar-refractivity contribution in [2.45, 2.75) is 18.2 Å². The van der Waals surface area contributed by atoms with E-state index in [0.29, 0.717) is 0 Å². The molecule has 2 aromatic carbocycles. The van der Waals surface area contributed by atoms with Crippen LogP contribution in [0.15, 0.2) is 47.4 Å². The van der Waals surface area contributed by atoms with Crippen LogP contribution in [0.5, 0.6) is 0 Å². The Morgan fingerprint density at radius 2 is 1.86 bits per heavy atom. The van der Waals surface area contributed by atoms with Gasteiger partial charge >= 0.3 is 12.1 Å². The Hall–Kier alpha value is -3.40. The molecule has 146 valence electrons. The van der Waals surface area contributed by atoms with Crippen LogP contribution in [-0.2, 0) is 21.2 Å². The van der Waals surface area contributed by atoms with Crippen LogP contribution < -0.4 is 5.32 Å². The number of hydrogen-bond acceptors (Lipinski definition) is 4. The number of hydrogen-bond donors (Lipinski definition) is 3. The maximum absolute atomic E-state index is 13.7. The van der Waals surface area contributed by atoms with Gasteiger partial charge in [-0.3, -0.25) is 10.1 Å². The number of amides is 1. The van der Waals surface area contributed by atoms with Crippen LogP contribution in [0, 0.1) is 12.7 Å². The number of fused-ring (bicyclic) bond motifs is 1. The summed E-state index contributed by atoms with van der Waals surface area (Å²) in [4.78, 5) is 21.8. The van der Waals surface area contributed by atoms with Crippen molar-refractivity contribution < 1.29 is 32.6 Å². The molecule has 1 amide bonds. The summed E-state index contributed by atoms with van der Waals surface area (Å²) >= 11 is 0. The predicted octanol–water partition coefficient (Wildman–Crippen LogP) is 3.04. The molecule has 1 aromatic heterocycles. The van der Waals surface area contributed by atoms with Gasteiger partial charge in [0.05, 0.1) is 16.8 Å². The minimum absolute atomic E-state index is 0.0551. The average molecular weight is 406 g/mol. The van der Waals surface area contributed by atoms with Gasteiger partial charge in [-0.05, 0) is 48.9 Å². The first-order valence-electron chi connectivity index (χ1n) is 7.98. The smallest absolute Gasteiger partial charge is 0.409 e. The highest BCUT2D eigenvalue weighted by Crippen LogP contribution is 2.31. The van der Waals surface area contributed by atoms with E-state index in [2.05, 4.69) is 5.32 Å². The van der Waals surface area contributed by atoms with Gasteiger partial charge < -0.3 is 10.2 Å². The minimum atomic E-state index is -4.21. The van der Waals surface area contributed by atoms with Crippen LogP contribution in [0.1, 0.15) is 11.3 Å². The van der Waals surface area contributed by atoms with Crippen LogP contribution in [0.2, 0.25) is 0 Å². The molecule has 0 bridgehead atoms. The fourth-order valence-electron chi connectivity index (χ4n) is 3.07. The summed E-state index contributed by atoms with van der Waals surface area (Å²) in [6.07, 6.45) is -1.83. The van der Waals surface area contributed by atoms with E-state index in [1.807, 2.05) is 0 Å². The molecule has 0 saturated heterocycles. The summed E-state index contributed by atoms with van der Waals surface area (Å²) in [5.74, 6) is -1.81. The number of nitrogens with zero attached hydrogens (tertiary/aromatic N) is 1. The van der Waals surface area contributed by atoms with E-state index in [9.17, 15) is 22.4 Å². The van der Waals surface area contributed by atoms with Crippen LogP contribution in [0.4, 0.5) is 14.9 Å². The topological polar surface area (TPSA) is 126 Å². The lowest BCUT2D eigenvalue weighted by atomic mass is 10.1. The van der Waals surface area contributed by atoms with E-state index in [4.69, 9.17) is 10.2 Å². The van der Waals surface area contributed by atoms with Crippen molar-refractivity contribution in [1.82, 2.24) is 3.97 Å². The summed E-state index contributed by atoms with van der Waals surface area (Å²) in [5, 5.41) is 20.2. The third kappa shape index (κ3) is 3.41. The zero-order chi connectivity index (χ0) is 20.6. The lowest BCUT2D eigenvalue weighted by Crippen LogP contribution is -2.16. The van der Waals surface area contributed by atoms with Gasteiger partial charge in [-0.15, -0.1) is 0 Å². The number of aromatic nitrogens is 1. The van der Waals surface area contributed by atoms with Gasteiger partial charge in [0.25, 0.3) is 10.0 Å². The number of halogens is 1. The number of carboxylic acid groups (broad SMARTS) is 2. The van der Waals surface area contributed by atoms with Gasteiger partial charge in [0.15, 0.2) is 0 Å². The third-order valence-corrected chi connectivity index (χ3v) is 6.00.